The predicted molar refractivity (Wildman–Crippen MR) is 91.2 cm³/mol. The lowest BCUT2D eigenvalue weighted by Gasteiger charge is -2.43. The summed E-state index contributed by atoms with van der Waals surface area (Å²) in [5, 5.41) is 0. The molecule has 10 atom stereocenters. The second kappa shape index (κ2) is 5.01. The van der Waals surface area contributed by atoms with E-state index in [1.807, 2.05) is 13.8 Å². The molecule has 4 aliphatic carbocycles. The SMILES string of the molecule is CC1C(C)C2CC1C1C3CC(C(=O)OC4C(=O)OCC4(C)C)C(C3)C21. The Hall–Kier alpha value is -1.06. The van der Waals surface area contributed by atoms with Crippen LogP contribution in [0.25, 0.3) is 0 Å². The molecule has 1 heterocycles. The molecule has 5 aliphatic rings. The van der Waals surface area contributed by atoms with Crippen LogP contribution in [0.2, 0.25) is 0 Å². The molecule has 4 bridgehead atoms. The molecule has 25 heavy (non-hydrogen) atoms. The molecule has 4 saturated carbocycles. The van der Waals surface area contributed by atoms with Crippen molar-refractivity contribution < 1.29 is 19.1 Å². The summed E-state index contributed by atoms with van der Waals surface area (Å²) in [4.78, 5) is 24.9. The Balaban J connectivity index is 1.33. The van der Waals surface area contributed by atoms with Gasteiger partial charge in [0.1, 0.15) is 6.61 Å². The number of fused-ring (bicyclic) bond motifs is 9. The van der Waals surface area contributed by atoms with Crippen molar-refractivity contribution in [3.8, 4) is 0 Å². The first-order valence-corrected chi connectivity index (χ1v) is 10.2. The van der Waals surface area contributed by atoms with Gasteiger partial charge in [-0.1, -0.05) is 27.7 Å². The maximum absolute atomic E-state index is 12.9. The van der Waals surface area contributed by atoms with Crippen LogP contribution in [0.4, 0.5) is 0 Å². The standard InChI is InChI=1S/C21H30O4/c1-9-10(2)13-7-12(9)16-11-5-14(17(13)16)15(6-11)19(22)25-18-20(23)24-8-21(18,3)4/h9-18H,5-8H2,1-4H3. The maximum Gasteiger partial charge on any atom is 0.348 e. The Kier molecular flexibility index (Phi) is 3.24. The zero-order chi connectivity index (χ0) is 17.7. The van der Waals surface area contributed by atoms with Crippen LogP contribution >= 0.6 is 0 Å². The van der Waals surface area contributed by atoms with Crippen molar-refractivity contribution in [2.75, 3.05) is 6.61 Å². The molecule has 0 aromatic carbocycles. The molecule has 0 aromatic heterocycles. The quantitative estimate of drug-likeness (QED) is 0.569. The molecule has 0 amide bonds. The molecule has 10 unspecified atom stereocenters. The van der Waals surface area contributed by atoms with Crippen molar-refractivity contribution in [1.82, 2.24) is 0 Å². The van der Waals surface area contributed by atoms with E-state index in [2.05, 4.69) is 13.8 Å². The fourth-order valence-electron chi connectivity index (χ4n) is 7.64. The molecular weight excluding hydrogens is 316 g/mol. The molecule has 1 aliphatic heterocycles. The minimum absolute atomic E-state index is 0.0114. The van der Waals surface area contributed by atoms with Gasteiger partial charge in [-0.2, -0.15) is 0 Å². The third-order valence-corrected chi connectivity index (χ3v) is 8.89. The van der Waals surface area contributed by atoms with Crippen molar-refractivity contribution in [2.24, 2.45) is 58.7 Å². The van der Waals surface area contributed by atoms with E-state index in [9.17, 15) is 9.59 Å². The van der Waals surface area contributed by atoms with Crippen LogP contribution in [0.5, 0.6) is 0 Å². The predicted octanol–water partition coefficient (Wildman–Crippen LogP) is 3.29. The fraction of sp³-hybridized carbons (Fsp3) is 0.905. The van der Waals surface area contributed by atoms with Crippen LogP contribution in [0, 0.1) is 58.7 Å². The Labute approximate surface area is 150 Å². The lowest BCUT2D eigenvalue weighted by molar-refractivity contribution is -0.169. The molecule has 0 aromatic rings. The summed E-state index contributed by atoms with van der Waals surface area (Å²) >= 11 is 0. The van der Waals surface area contributed by atoms with Crippen LogP contribution in [0.15, 0.2) is 0 Å². The van der Waals surface area contributed by atoms with Crippen molar-refractivity contribution in [1.29, 1.82) is 0 Å². The molecule has 5 fully saturated rings. The summed E-state index contributed by atoms with van der Waals surface area (Å²) < 4.78 is 10.9. The number of carbonyl (C=O) groups is 2. The van der Waals surface area contributed by atoms with E-state index in [4.69, 9.17) is 9.47 Å². The highest BCUT2D eigenvalue weighted by atomic mass is 16.6. The second-order valence-corrected chi connectivity index (χ2v) is 10.4. The number of esters is 2. The number of carbonyl (C=O) groups excluding carboxylic acids is 2. The largest absolute Gasteiger partial charge is 0.462 e. The topological polar surface area (TPSA) is 52.6 Å². The molecule has 4 nitrogen and oxygen atoms in total. The van der Waals surface area contributed by atoms with Gasteiger partial charge < -0.3 is 9.47 Å². The van der Waals surface area contributed by atoms with Crippen LogP contribution < -0.4 is 0 Å². The lowest BCUT2D eigenvalue weighted by atomic mass is 9.62. The van der Waals surface area contributed by atoms with Crippen molar-refractivity contribution in [3.63, 3.8) is 0 Å². The van der Waals surface area contributed by atoms with E-state index >= 15 is 0 Å². The fourth-order valence-corrected chi connectivity index (χ4v) is 7.64. The first-order valence-electron chi connectivity index (χ1n) is 10.2. The Morgan fingerprint density at radius 3 is 2.36 bits per heavy atom. The highest BCUT2D eigenvalue weighted by Gasteiger charge is 2.67. The third kappa shape index (κ3) is 2.00. The number of hydrogen-bond donors (Lipinski definition) is 0. The summed E-state index contributed by atoms with van der Waals surface area (Å²) in [6.45, 7) is 9.07. The molecule has 4 heteroatoms. The Morgan fingerprint density at radius 1 is 1.04 bits per heavy atom. The summed E-state index contributed by atoms with van der Waals surface area (Å²) in [6, 6.07) is 0. The lowest BCUT2D eigenvalue weighted by Crippen LogP contribution is -2.43. The van der Waals surface area contributed by atoms with Gasteiger partial charge in [-0.3, -0.25) is 4.79 Å². The van der Waals surface area contributed by atoms with Crippen molar-refractivity contribution >= 4 is 11.9 Å². The van der Waals surface area contributed by atoms with Gasteiger partial charge in [-0.05, 0) is 66.6 Å². The zero-order valence-corrected chi connectivity index (χ0v) is 15.7. The number of ether oxygens (including phenoxy) is 2. The smallest absolute Gasteiger partial charge is 0.348 e. The van der Waals surface area contributed by atoms with E-state index in [-0.39, 0.29) is 17.9 Å². The van der Waals surface area contributed by atoms with Gasteiger partial charge in [-0.25, -0.2) is 4.79 Å². The van der Waals surface area contributed by atoms with Gasteiger partial charge >= 0.3 is 11.9 Å². The highest BCUT2D eigenvalue weighted by Crippen LogP contribution is 2.71. The van der Waals surface area contributed by atoms with E-state index in [1.54, 1.807) is 0 Å². The Morgan fingerprint density at radius 2 is 1.72 bits per heavy atom. The molecule has 1 saturated heterocycles. The van der Waals surface area contributed by atoms with Gasteiger partial charge in [0.15, 0.2) is 0 Å². The van der Waals surface area contributed by atoms with Crippen LogP contribution in [-0.4, -0.2) is 24.6 Å². The third-order valence-electron chi connectivity index (χ3n) is 8.89. The molecule has 138 valence electrons. The average molecular weight is 346 g/mol. The summed E-state index contributed by atoms with van der Waals surface area (Å²) in [7, 11) is 0. The number of rotatable bonds is 2. The first-order chi connectivity index (χ1) is 11.8. The number of hydrogen-bond acceptors (Lipinski definition) is 4. The Bertz CT molecular complexity index is 625. The van der Waals surface area contributed by atoms with Crippen LogP contribution in [0.3, 0.4) is 0 Å². The van der Waals surface area contributed by atoms with E-state index in [1.165, 1.54) is 12.8 Å². The molecule has 0 spiro atoms. The second-order valence-electron chi connectivity index (χ2n) is 10.4. The summed E-state index contributed by atoms with van der Waals surface area (Å²) in [6.07, 6.45) is 2.85. The van der Waals surface area contributed by atoms with Gasteiger partial charge in [0.05, 0.1) is 5.92 Å². The van der Waals surface area contributed by atoms with Gasteiger partial charge in [0.25, 0.3) is 0 Å². The van der Waals surface area contributed by atoms with Crippen molar-refractivity contribution in [2.45, 2.75) is 53.1 Å². The summed E-state index contributed by atoms with van der Waals surface area (Å²) in [5.41, 5.74) is -0.413. The van der Waals surface area contributed by atoms with E-state index < -0.39 is 11.5 Å². The van der Waals surface area contributed by atoms with Gasteiger partial charge in [0, 0.05) is 5.41 Å². The molecular formula is C21H30O4. The normalized spacial score (nSPS) is 54.6. The monoisotopic (exact) mass is 346 g/mol. The summed E-state index contributed by atoms with van der Waals surface area (Å²) in [5.74, 6) is 5.65. The molecule has 5 rings (SSSR count). The van der Waals surface area contributed by atoms with E-state index in [0.717, 1.165) is 41.9 Å². The maximum atomic E-state index is 12.9. The average Bonchev–Trinajstić information content (AvgIpc) is 3.32. The minimum atomic E-state index is -0.728. The minimum Gasteiger partial charge on any atom is -0.462 e. The number of cyclic esters (lactones) is 1. The highest BCUT2D eigenvalue weighted by molar-refractivity contribution is 5.83. The first kappa shape index (κ1) is 16.1. The van der Waals surface area contributed by atoms with Gasteiger partial charge in [-0.15, -0.1) is 0 Å². The molecule has 0 radical (unpaired) electrons. The van der Waals surface area contributed by atoms with E-state index in [0.29, 0.717) is 18.4 Å². The van der Waals surface area contributed by atoms with Crippen LogP contribution in [0.1, 0.15) is 47.0 Å². The van der Waals surface area contributed by atoms with Crippen molar-refractivity contribution in [3.05, 3.63) is 0 Å². The van der Waals surface area contributed by atoms with Gasteiger partial charge in [0.2, 0.25) is 6.10 Å². The molecule has 0 N–H and O–H groups in total. The van der Waals surface area contributed by atoms with Crippen LogP contribution in [-0.2, 0) is 19.1 Å². The zero-order valence-electron chi connectivity index (χ0n) is 15.7.